The van der Waals surface area contributed by atoms with Gasteiger partial charge in [0.05, 0.1) is 0 Å². The Labute approximate surface area is 90.3 Å². The van der Waals surface area contributed by atoms with Crippen LogP contribution >= 0.6 is 0 Å². The van der Waals surface area contributed by atoms with Gasteiger partial charge >= 0.3 is 0 Å². The van der Waals surface area contributed by atoms with E-state index in [1.165, 1.54) is 12.8 Å². The highest BCUT2D eigenvalue weighted by molar-refractivity contribution is 5.79. The summed E-state index contributed by atoms with van der Waals surface area (Å²) in [5.74, 6) is 2.49. The molecule has 1 saturated heterocycles. The first-order valence-electron chi connectivity index (χ1n) is 5.94. The maximum atomic E-state index is 11.6. The van der Waals surface area contributed by atoms with Crippen LogP contribution in [0.15, 0.2) is 12.2 Å². The van der Waals surface area contributed by atoms with Crippen molar-refractivity contribution >= 4 is 5.91 Å². The molecule has 0 aromatic carbocycles. The summed E-state index contributed by atoms with van der Waals surface area (Å²) in [6, 6.07) is 0.0756. The molecule has 0 radical (unpaired) electrons. The summed E-state index contributed by atoms with van der Waals surface area (Å²) in [6.07, 6.45) is 7.84. The summed E-state index contributed by atoms with van der Waals surface area (Å²) in [5.41, 5.74) is 5.79. The van der Waals surface area contributed by atoms with Crippen LogP contribution in [0.2, 0.25) is 0 Å². The maximum absolute atomic E-state index is 11.6. The number of amides is 1. The quantitative estimate of drug-likeness (QED) is 0.678. The van der Waals surface area contributed by atoms with Gasteiger partial charge in [-0.15, -0.1) is 0 Å². The molecule has 82 valence electrons. The van der Waals surface area contributed by atoms with E-state index in [2.05, 4.69) is 12.2 Å². The first-order chi connectivity index (χ1) is 7.22. The smallest absolute Gasteiger partial charge is 0.224 e. The average molecular weight is 206 g/mol. The molecule has 3 heteroatoms. The molecule has 2 N–H and O–H groups in total. The number of nitrogens with two attached hydrogens (primary N) is 1. The number of hydrogen-bond acceptors (Lipinski definition) is 2. The molecule has 15 heavy (non-hydrogen) atoms. The van der Waals surface area contributed by atoms with E-state index in [-0.39, 0.29) is 11.9 Å². The third-order valence-corrected chi connectivity index (χ3v) is 4.12. The highest BCUT2D eigenvalue weighted by atomic mass is 16.2. The number of likely N-dealkylation sites (tertiary alicyclic amines) is 1. The van der Waals surface area contributed by atoms with Gasteiger partial charge in [0.2, 0.25) is 5.91 Å². The Morgan fingerprint density at radius 3 is 2.80 bits per heavy atom. The molecule has 1 heterocycles. The van der Waals surface area contributed by atoms with Crippen LogP contribution < -0.4 is 5.73 Å². The zero-order chi connectivity index (χ0) is 10.4. The molecule has 3 aliphatic rings. The summed E-state index contributed by atoms with van der Waals surface area (Å²) in [7, 11) is 0. The zero-order valence-electron chi connectivity index (χ0n) is 8.93. The molecule has 0 aromatic heterocycles. The lowest BCUT2D eigenvalue weighted by molar-refractivity contribution is -0.128. The number of fused-ring (bicyclic) bond motifs is 2. The summed E-state index contributed by atoms with van der Waals surface area (Å²) in [4.78, 5) is 13.6. The SMILES string of the molecule is NC1CC(=O)N(CC2CC3C=CC2C3)C1. The second kappa shape index (κ2) is 3.34. The first-order valence-corrected chi connectivity index (χ1v) is 5.94. The monoisotopic (exact) mass is 206 g/mol. The first kappa shape index (κ1) is 9.40. The van der Waals surface area contributed by atoms with E-state index in [9.17, 15) is 4.79 Å². The zero-order valence-corrected chi connectivity index (χ0v) is 8.93. The van der Waals surface area contributed by atoms with Gasteiger partial charge in [0.1, 0.15) is 0 Å². The molecule has 3 rings (SSSR count). The Bertz CT molecular complexity index is 313. The van der Waals surface area contributed by atoms with Crippen LogP contribution in [0.4, 0.5) is 0 Å². The van der Waals surface area contributed by atoms with E-state index in [1.54, 1.807) is 0 Å². The Hall–Kier alpha value is -0.830. The van der Waals surface area contributed by atoms with Gasteiger partial charge in [-0.3, -0.25) is 4.79 Å². The molecule has 2 bridgehead atoms. The normalized spacial score (nSPS) is 43.3. The Kier molecular flexibility index (Phi) is 2.09. The molecule has 0 spiro atoms. The Balaban J connectivity index is 1.62. The number of nitrogens with zero attached hydrogens (tertiary/aromatic N) is 1. The van der Waals surface area contributed by atoms with Gasteiger partial charge in [-0.1, -0.05) is 12.2 Å². The molecule has 3 nitrogen and oxygen atoms in total. The predicted molar refractivity (Wildman–Crippen MR) is 58.0 cm³/mol. The number of carbonyl (C=O) groups is 1. The van der Waals surface area contributed by atoms with Crippen molar-refractivity contribution < 1.29 is 4.79 Å². The lowest BCUT2D eigenvalue weighted by Gasteiger charge is -2.24. The molecule has 4 unspecified atom stereocenters. The molecular weight excluding hydrogens is 188 g/mol. The van der Waals surface area contributed by atoms with Crippen molar-refractivity contribution in [3.63, 3.8) is 0 Å². The number of allylic oxidation sites excluding steroid dienone is 2. The van der Waals surface area contributed by atoms with Crippen molar-refractivity contribution in [1.82, 2.24) is 4.90 Å². The number of hydrogen-bond donors (Lipinski definition) is 1. The minimum atomic E-state index is 0.0756. The number of rotatable bonds is 2. The highest BCUT2D eigenvalue weighted by Gasteiger charge is 2.38. The van der Waals surface area contributed by atoms with Crippen molar-refractivity contribution in [2.45, 2.75) is 25.3 Å². The van der Waals surface area contributed by atoms with Crippen molar-refractivity contribution in [2.75, 3.05) is 13.1 Å². The van der Waals surface area contributed by atoms with Crippen LogP contribution in [0.3, 0.4) is 0 Å². The molecule has 2 aliphatic carbocycles. The van der Waals surface area contributed by atoms with Crippen molar-refractivity contribution in [3.8, 4) is 0 Å². The van der Waals surface area contributed by atoms with E-state index in [1.807, 2.05) is 4.90 Å². The summed E-state index contributed by atoms with van der Waals surface area (Å²) >= 11 is 0. The molecule has 4 atom stereocenters. The van der Waals surface area contributed by atoms with Crippen LogP contribution in [0.5, 0.6) is 0 Å². The van der Waals surface area contributed by atoms with E-state index >= 15 is 0 Å². The fourth-order valence-corrected chi connectivity index (χ4v) is 3.37. The Morgan fingerprint density at radius 2 is 2.27 bits per heavy atom. The summed E-state index contributed by atoms with van der Waals surface area (Å²) < 4.78 is 0. The molecular formula is C12H18N2O. The van der Waals surface area contributed by atoms with Gasteiger partial charge in [0, 0.05) is 25.6 Å². The fourth-order valence-electron chi connectivity index (χ4n) is 3.37. The van der Waals surface area contributed by atoms with E-state index in [0.717, 1.165) is 24.9 Å². The van der Waals surface area contributed by atoms with Crippen LogP contribution in [0.25, 0.3) is 0 Å². The van der Waals surface area contributed by atoms with Crippen molar-refractivity contribution in [2.24, 2.45) is 23.5 Å². The highest BCUT2D eigenvalue weighted by Crippen LogP contribution is 2.43. The standard InChI is InChI=1S/C12H18N2O/c13-11-5-12(15)14(7-11)6-10-4-8-1-2-9(10)3-8/h1-2,8-11H,3-7,13H2. The van der Waals surface area contributed by atoms with Crippen LogP contribution in [0.1, 0.15) is 19.3 Å². The molecule has 2 fully saturated rings. The third-order valence-electron chi connectivity index (χ3n) is 4.12. The van der Waals surface area contributed by atoms with Crippen molar-refractivity contribution in [1.29, 1.82) is 0 Å². The third kappa shape index (κ3) is 1.59. The van der Waals surface area contributed by atoms with E-state index in [0.29, 0.717) is 12.3 Å². The lowest BCUT2D eigenvalue weighted by atomic mass is 9.93. The molecule has 1 saturated carbocycles. The van der Waals surface area contributed by atoms with Gasteiger partial charge < -0.3 is 10.6 Å². The van der Waals surface area contributed by atoms with E-state index in [4.69, 9.17) is 5.73 Å². The van der Waals surface area contributed by atoms with Gasteiger partial charge in [-0.25, -0.2) is 0 Å². The van der Waals surface area contributed by atoms with E-state index < -0.39 is 0 Å². The maximum Gasteiger partial charge on any atom is 0.224 e. The average Bonchev–Trinajstić information content (AvgIpc) is 2.83. The van der Waals surface area contributed by atoms with Gasteiger partial charge in [0.15, 0.2) is 0 Å². The largest absolute Gasteiger partial charge is 0.341 e. The van der Waals surface area contributed by atoms with Crippen molar-refractivity contribution in [3.05, 3.63) is 12.2 Å². The lowest BCUT2D eigenvalue weighted by Crippen LogP contribution is -2.34. The minimum absolute atomic E-state index is 0.0756. The van der Waals surface area contributed by atoms with Gasteiger partial charge in [0.25, 0.3) is 0 Å². The van der Waals surface area contributed by atoms with Gasteiger partial charge in [-0.05, 0) is 30.6 Å². The molecule has 1 aliphatic heterocycles. The Morgan fingerprint density at radius 1 is 1.40 bits per heavy atom. The second-order valence-electron chi connectivity index (χ2n) is 5.30. The fraction of sp³-hybridized carbons (Fsp3) is 0.750. The van der Waals surface area contributed by atoms with Crippen LogP contribution in [-0.2, 0) is 4.79 Å². The molecule has 0 aromatic rings. The predicted octanol–water partition coefficient (Wildman–Crippen LogP) is 0.758. The second-order valence-corrected chi connectivity index (χ2v) is 5.30. The topological polar surface area (TPSA) is 46.3 Å². The van der Waals surface area contributed by atoms with Crippen LogP contribution in [0, 0.1) is 17.8 Å². The number of carbonyl (C=O) groups excluding carboxylic acids is 1. The molecule has 1 amide bonds. The minimum Gasteiger partial charge on any atom is -0.341 e. The van der Waals surface area contributed by atoms with Crippen LogP contribution in [-0.4, -0.2) is 29.9 Å². The van der Waals surface area contributed by atoms with Gasteiger partial charge in [-0.2, -0.15) is 0 Å². The summed E-state index contributed by atoms with van der Waals surface area (Å²) in [6.45, 7) is 1.72. The summed E-state index contributed by atoms with van der Waals surface area (Å²) in [5, 5.41) is 0.